The summed E-state index contributed by atoms with van der Waals surface area (Å²) in [6.45, 7) is 2.40. The highest BCUT2D eigenvalue weighted by Crippen LogP contribution is 2.13. The maximum Gasteiger partial charge on any atom is 0.339 e. The van der Waals surface area contributed by atoms with Crippen molar-refractivity contribution in [1.29, 1.82) is 0 Å². The molecule has 0 saturated heterocycles. The van der Waals surface area contributed by atoms with Crippen LogP contribution in [0.3, 0.4) is 0 Å². The number of nitrogens with one attached hydrogen (secondary N) is 1. The van der Waals surface area contributed by atoms with Gasteiger partial charge in [0.25, 0.3) is 0 Å². The fourth-order valence-electron chi connectivity index (χ4n) is 1.62. The van der Waals surface area contributed by atoms with Crippen LogP contribution < -0.4 is 5.32 Å². The van der Waals surface area contributed by atoms with Crippen LogP contribution >= 0.6 is 0 Å². The average Bonchev–Trinajstić information content (AvgIpc) is 2.82. The molecule has 2 heterocycles. The quantitative estimate of drug-likeness (QED) is 0.846. The van der Waals surface area contributed by atoms with Crippen molar-refractivity contribution in [2.45, 2.75) is 13.3 Å². The van der Waals surface area contributed by atoms with E-state index in [1.54, 1.807) is 18.4 Å². The number of furan rings is 1. The van der Waals surface area contributed by atoms with Gasteiger partial charge in [-0.3, -0.25) is 0 Å². The number of aryl methyl sites for hydroxylation is 1. The Morgan fingerprint density at radius 3 is 2.94 bits per heavy atom. The van der Waals surface area contributed by atoms with Gasteiger partial charge < -0.3 is 14.8 Å². The summed E-state index contributed by atoms with van der Waals surface area (Å²) in [5, 5.41) is 12.1. The van der Waals surface area contributed by atoms with Crippen LogP contribution in [0.1, 0.15) is 21.8 Å². The predicted molar refractivity (Wildman–Crippen MR) is 66.8 cm³/mol. The van der Waals surface area contributed by atoms with Crippen LogP contribution in [0.2, 0.25) is 0 Å². The summed E-state index contributed by atoms with van der Waals surface area (Å²) in [7, 11) is 0. The number of carboxylic acid groups (broad SMARTS) is 1. The molecule has 0 radical (unpaired) electrons. The van der Waals surface area contributed by atoms with E-state index in [2.05, 4.69) is 10.3 Å². The Morgan fingerprint density at radius 2 is 2.28 bits per heavy atom. The van der Waals surface area contributed by atoms with Crippen molar-refractivity contribution in [2.24, 2.45) is 0 Å². The molecule has 2 N–H and O–H groups in total. The minimum atomic E-state index is -0.983. The van der Waals surface area contributed by atoms with Crippen molar-refractivity contribution in [3.8, 4) is 0 Å². The molecular formula is C13H14N2O3. The molecule has 2 rings (SSSR count). The summed E-state index contributed by atoms with van der Waals surface area (Å²) in [5.74, 6) is 0.268. The summed E-state index contributed by atoms with van der Waals surface area (Å²) in [6, 6.07) is 6.94. The SMILES string of the molecule is Cc1ccc(C(=O)O)c(NCCc2ccco2)n1. The number of rotatable bonds is 5. The molecular weight excluding hydrogens is 232 g/mol. The summed E-state index contributed by atoms with van der Waals surface area (Å²) < 4.78 is 5.20. The number of pyridine rings is 1. The van der Waals surface area contributed by atoms with Gasteiger partial charge in [0.15, 0.2) is 0 Å². The van der Waals surface area contributed by atoms with E-state index < -0.39 is 5.97 Å². The fourth-order valence-corrected chi connectivity index (χ4v) is 1.62. The summed E-state index contributed by atoms with van der Waals surface area (Å²) in [5.41, 5.74) is 0.959. The Morgan fingerprint density at radius 1 is 1.44 bits per heavy atom. The molecule has 2 aromatic rings. The Bertz CT molecular complexity index is 535. The molecule has 0 aliphatic rings. The Balaban J connectivity index is 2.03. The number of hydrogen-bond donors (Lipinski definition) is 2. The second kappa shape index (κ2) is 5.35. The van der Waals surface area contributed by atoms with Crippen LogP contribution in [0.4, 0.5) is 5.82 Å². The first-order valence-corrected chi connectivity index (χ1v) is 5.64. The van der Waals surface area contributed by atoms with Gasteiger partial charge in [-0.15, -0.1) is 0 Å². The molecule has 0 unspecified atom stereocenters. The van der Waals surface area contributed by atoms with Gasteiger partial charge >= 0.3 is 5.97 Å². The largest absolute Gasteiger partial charge is 0.478 e. The summed E-state index contributed by atoms with van der Waals surface area (Å²) in [4.78, 5) is 15.2. The number of anilines is 1. The molecule has 18 heavy (non-hydrogen) atoms. The highest BCUT2D eigenvalue weighted by molar-refractivity contribution is 5.93. The van der Waals surface area contributed by atoms with E-state index in [1.807, 2.05) is 19.1 Å². The number of carbonyl (C=O) groups is 1. The smallest absolute Gasteiger partial charge is 0.339 e. The zero-order valence-corrected chi connectivity index (χ0v) is 10.0. The molecule has 94 valence electrons. The summed E-state index contributed by atoms with van der Waals surface area (Å²) in [6.07, 6.45) is 2.30. The highest BCUT2D eigenvalue weighted by Gasteiger charge is 2.11. The maximum atomic E-state index is 11.0. The van der Waals surface area contributed by atoms with Crippen molar-refractivity contribution < 1.29 is 14.3 Å². The zero-order chi connectivity index (χ0) is 13.0. The van der Waals surface area contributed by atoms with Crippen molar-refractivity contribution in [3.05, 3.63) is 47.5 Å². The van der Waals surface area contributed by atoms with Crippen molar-refractivity contribution in [1.82, 2.24) is 4.98 Å². The van der Waals surface area contributed by atoms with E-state index >= 15 is 0 Å². The lowest BCUT2D eigenvalue weighted by molar-refractivity contribution is 0.0697. The molecule has 0 atom stereocenters. The van der Waals surface area contributed by atoms with Crippen molar-refractivity contribution >= 4 is 11.8 Å². The van der Waals surface area contributed by atoms with Gasteiger partial charge in [-0.2, -0.15) is 0 Å². The molecule has 0 aromatic carbocycles. The van der Waals surface area contributed by atoms with Crippen LogP contribution in [-0.4, -0.2) is 22.6 Å². The molecule has 0 aliphatic heterocycles. The monoisotopic (exact) mass is 246 g/mol. The van der Waals surface area contributed by atoms with Gasteiger partial charge in [0, 0.05) is 18.7 Å². The van der Waals surface area contributed by atoms with Gasteiger partial charge in [0.2, 0.25) is 0 Å². The van der Waals surface area contributed by atoms with Gasteiger partial charge in [-0.1, -0.05) is 0 Å². The van der Waals surface area contributed by atoms with E-state index in [0.29, 0.717) is 18.8 Å². The van der Waals surface area contributed by atoms with Crippen LogP contribution in [0.25, 0.3) is 0 Å². The molecule has 0 spiro atoms. The molecule has 0 saturated carbocycles. The van der Waals surface area contributed by atoms with Gasteiger partial charge in [-0.05, 0) is 31.2 Å². The lowest BCUT2D eigenvalue weighted by atomic mass is 10.2. The third-order valence-corrected chi connectivity index (χ3v) is 2.51. The van der Waals surface area contributed by atoms with E-state index in [1.165, 1.54) is 0 Å². The molecule has 0 fully saturated rings. The minimum Gasteiger partial charge on any atom is -0.478 e. The number of carboxylic acids is 1. The Labute approximate surface area is 104 Å². The fraction of sp³-hybridized carbons (Fsp3) is 0.231. The third kappa shape index (κ3) is 2.88. The highest BCUT2D eigenvalue weighted by atomic mass is 16.4. The van der Waals surface area contributed by atoms with Crippen LogP contribution in [0.5, 0.6) is 0 Å². The average molecular weight is 246 g/mol. The molecule has 2 aromatic heterocycles. The van der Waals surface area contributed by atoms with Crippen molar-refractivity contribution in [3.63, 3.8) is 0 Å². The first-order chi connectivity index (χ1) is 8.66. The van der Waals surface area contributed by atoms with Crippen molar-refractivity contribution in [2.75, 3.05) is 11.9 Å². The normalized spacial score (nSPS) is 10.3. The van der Waals surface area contributed by atoms with E-state index in [9.17, 15) is 4.79 Å². The second-order valence-electron chi connectivity index (χ2n) is 3.91. The van der Waals surface area contributed by atoms with Crippen LogP contribution in [-0.2, 0) is 6.42 Å². The van der Waals surface area contributed by atoms with E-state index in [4.69, 9.17) is 9.52 Å². The number of aromatic nitrogens is 1. The first-order valence-electron chi connectivity index (χ1n) is 5.64. The van der Waals surface area contributed by atoms with Crippen LogP contribution in [0.15, 0.2) is 34.9 Å². The Kier molecular flexibility index (Phi) is 3.62. The number of aromatic carboxylic acids is 1. The third-order valence-electron chi connectivity index (χ3n) is 2.51. The first kappa shape index (κ1) is 12.2. The standard InChI is InChI=1S/C13H14N2O3/c1-9-4-5-11(13(16)17)12(15-9)14-7-6-10-3-2-8-18-10/h2-5,8H,6-7H2,1H3,(H,14,15)(H,16,17). The summed E-state index contributed by atoms with van der Waals surface area (Å²) >= 11 is 0. The molecule has 0 bridgehead atoms. The van der Waals surface area contributed by atoms with Gasteiger partial charge in [-0.25, -0.2) is 9.78 Å². The maximum absolute atomic E-state index is 11.0. The lowest BCUT2D eigenvalue weighted by Crippen LogP contribution is -2.11. The Hall–Kier alpha value is -2.30. The second-order valence-corrected chi connectivity index (χ2v) is 3.91. The predicted octanol–water partition coefficient (Wildman–Crippen LogP) is 2.34. The molecule has 0 amide bonds. The zero-order valence-electron chi connectivity index (χ0n) is 10.0. The van der Waals surface area contributed by atoms with E-state index in [-0.39, 0.29) is 5.56 Å². The van der Waals surface area contributed by atoms with E-state index in [0.717, 1.165) is 11.5 Å². The number of hydrogen-bond acceptors (Lipinski definition) is 4. The molecule has 0 aliphatic carbocycles. The van der Waals surface area contributed by atoms with Crippen LogP contribution in [0, 0.1) is 6.92 Å². The minimum absolute atomic E-state index is 0.181. The number of nitrogens with zero attached hydrogens (tertiary/aromatic N) is 1. The van der Waals surface area contributed by atoms with Gasteiger partial charge in [0.05, 0.1) is 6.26 Å². The lowest BCUT2D eigenvalue weighted by Gasteiger charge is -2.08. The molecule has 5 nitrogen and oxygen atoms in total. The molecule has 5 heteroatoms. The topological polar surface area (TPSA) is 75.4 Å². The van der Waals surface area contributed by atoms with Gasteiger partial charge in [0.1, 0.15) is 17.1 Å².